The summed E-state index contributed by atoms with van der Waals surface area (Å²) in [5.41, 5.74) is 2.54. The molecule has 0 amide bonds. The third kappa shape index (κ3) is 3.21. The maximum Gasteiger partial charge on any atom is 0.226 e. The maximum atomic E-state index is 5.92. The van der Waals surface area contributed by atoms with E-state index in [1.54, 1.807) is 19.3 Å². The van der Waals surface area contributed by atoms with Crippen LogP contribution in [0.4, 0.5) is 5.82 Å². The van der Waals surface area contributed by atoms with Crippen molar-refractivity contribution in [2.45, 2.75) is 6.92 Å². The van der Waals surface area contributed by atoms with E-state index in [9.17, 15) is 0 Å². The fraction of sp³-hybridized carbons (Fsp3) is 0.231. The summed E-state index contributed by atoms with van der Waals surface area (Å²) in [5, 5.41) is 4.29. The molecule has 0 aliphatic carbocycles. The SMILES string of the molecule is C=N/C=C\C(CNc1nc(Cl)nc2[nH]c(C)cc12)=NC. The lowest BCUT2D eigenvalue weighted by molar-refractivity contribution is 1.17. The molecule has 2 heterocycles. The molecule has 6 nitrogen and oxygen atoms in total. The van der Waals surface area contributed by atoms with Crippen LogP contribution in [0, 0.1) is 6.92 Å². The number of rotatable bonds is 5. The maximum absolute atomic E-state index is 5.92. The quantitative estimate of drug-likeness (QED) is 0.656. The molecule has 0 aliphatic heterocycles. The van der Waals surface area contributed by atoms with Crippen LogP contribution >= 0.6 is 11.6 Å². The number of aryl methyl sites for hydroxylation is 1. The van der Waals surface area contributed by atoms with Gasteiger partial charge in [-0.05, 0) is 37.4 Å². The molecule has 0 fully saturated rings. The van der Waals surface area contributed by atoms with Crippen molar-refractivity contribution in [1.82, 2.24) is 15.0 Å². The zero-order valence-electron chi connectivity index (χ0n) is 11.3. The van der Waals surface area contributed by atoms with E-state index in [0.717, 1.165) is 16.8 Å². The van der Waals surface area contributed by atoms with E-state index in [-0.39, 0.29) is 5.28 Å². The molecule has 0 radical (unpaired) electrons. The molecule has 20 heavy (non-hydrogen) atoms. The van der Waals surface area contributed by atoms with Crippen molar-refractivity contribution in [2.24, 2.45) is 9.98 Å². The Morgan fingerprint density at radius 1 is 1.55 bits per heavy atom. The van der Waals surface area contributed by atoms with Gasteiger partial charge < -0.3 is 10.3 Å². The van der Waals surface area contributed by atoms with Crippen LogP contribution < -0.4 is 5.32 Å². The first-order chi connectivity index (χ1) is 9.63. The average molecular weight is 291 g/mol. The number of anilines is 1. The summed E-state index contributed by atoms with van der Waals surface area (Å²) in [6.07, 6.45) is 3.37. The van der Waals surface area contributed by atoms with Gasteiger partial charge in [-0.3, -0.25) is 9.98 Å². The minimum Gasteiger partial charge on any atom is -0.364 e. The van der Waals surface area contributed by atoms with E-state index in [2.05, 4.69) is 37.0 Å². The van der Waals surface area contributed by atoms with E-state index in [1.165, 1.54) is 0 Å². The molecule has 0 bridgehead atoms. The molecule has 0 unspecified atom stereocenters. The standard InChI is InChI=1S/C13H15ClN6/c1-8-6-10-11(19-13(14)20-12(10)18-8)17-7-9(16-3)4-5-15-2/h4-6H,2,7H2,1,3H3,(H2,17,18,19,20)/b5-4-,16-9?. The summed E-state index contributed by atoms with van der Waals surface area (Å²) in [5.74, 6) is 0.672. The molecule has 0 aromatic carbocycles. The fourth-order valence-corrected chi connectivity index (χ4v) is 1.94. The van der Waals surface area contributed by atoms with Crippen molar-refractivity contribution in [1.29, 1.82) is 0 Å². The molecule has 7 heteroatoms. The minimum absolute atomic E-state index is 0.195. The summed E-state index contributed by atoms with van der Waals surface area (Å²) < 4.78 is 0. The van der Waals surface area contributed by atoms with Crippen molar-refractivity contribution in [2.75, 3.05) is 18.9 Å². The number of hydrogen-bond acceptors (Lipinski definition) is 5. The van der Waals surface area contributed by atoms with Crippen LogP contribution in [-0.2, 0) is 0 Å². The van der Waals surface area contributed by atoms with Crippen LogP contribution in [0.2, 0.25) is 5.28 Å². The fourth-order valence-electron chi connectivity index (χ4n) is 1.77. The highest BCUT2D eigenvalue weighted by Gasteiger charge is 2.09. The van der Waals surface area contributed by atoms with Crippen LogP contribution in [0.3, 0.4) is 0 Å². The van der Waals surface area contributed by atoms with Gasteiger partial charge >= 0.3 is 0 Å². The highest BCUT2D eigenvalue weighted by molar-refractivity contribution is 6.28. The first-order valence-electron chi connectivity index (χ1n) is 5.99. The highest BCUT2D eigenvalue weighted by atomic mass is 35.5. The molecule has 2 aromatic rings. The molecule has 2 N–H and O–H groups in total. The number of nitrogens with zero attached hydrogens (tertiary/aromatic N) is 4. The van der Waals surface area contributed by atoms with E-state index in [4.69, 9.17) is 11.6 Å². The molecule has 0 saturated heterocycles. The second-order valence-corrected chi connectivity index (χ2v) is 4.46. The summed E-state index contributed by atoms with van der Waals surface area (Å²) in [6, 6.07) is 1.97. The zero-order chi connectivity index (χ0) is 14.5. The van der Waals surface area contributed by atoms with Gasteiger partial charge in [-0.2, -0.15) is 4.98 Å². The largest absolute Gasteiger partial charge is 0.364 e. The molecule has 0 atom stereocenters. The van der Waals surface area contributed by atoms with Gasteiger partial charge in [-0.1, -0.05) is 0 Å². The molecule has 104 valence electrons. The van der Waals surface area contributed by atoms with Gasteiger partial charge in [0.15, 0.2) is 0 Å². The van der Waals surface area contributed by atoms with Crippen molar-refractivity contribution in [3.8, 4) is 0 Å². The van der Waals surface area contributed by atoms with E-state index in [0.29, 0.717) is 18.0 Å². The van der Waals surface area contributed by atoms with Crippen LogP contribution in [0.1, 0.15) is 5.69 Å². The molecule has 2 aromatic heterocycles. The lowest BCUT2D eigenvalue weighted by Crippen LogP contribution is -2.13. The second-order valence-electron chi connectivity index (χ2n) is 4.12. The lowest BCUT2D eigenvalue weighted by Gasteiger charge is -2.06. The summed E-state index contributed by atoms with van der Waals surface area (Å²) in [6.45, 7) is 5.85. The van der Waals surface area contributed by atoms with Crippen molar-refractivity contribution < 1.29 is 0 Å². The molecule has 0 spiro atoms. The Morgan fingerprint density at radius 3 is 3.05 bits per heavy atom. The lowest BCUT2D eigenvalue weighted by atomic mass is 10.3. The summed E-state index contributed by atoms with van der Waals surface area (Å²) >= 11 is 5.92. The van der Waals surface area contributed by atoms with Crippen LogP contribution in [0.15, 0.2) is 28.3 Å². The Morgan fingerprint density at radius 2 is 2.35 bits per heavy atom. The van der Waals surface area contributed by atoms with Crippen molar-refractivity contribution in [3.63, 3.8) is 0 Å². The number of nitrogens with one attached hydrogen (secondary N) is 2. The number of hydrogen-bond donors (Lipinski definition) is 2. The number of aromatic nitrogens is 3. The minimum atomic E-state index is 0.195. The third-order valence-electron chi connectivity index (χ3n) is 2.69. The van der Waals surface area contributed by atoms with E-state index < -0.39 is 0 Å². The molecule has 2 rings (SSSR count). The third-order valence-corrected chi connectivity index (χ3v) is 2.86. The number of H-pyrrole nitrogens is 1. The Balaban J connectivity index is 2.25. The predicted octanol–water partition coefficient (Wildman–Crippen LogP) is 2.62. The second kappa shape index (κ2) is 6.29. The molecule has 0 saturated carbocycles. The Kier molecular flexibility index (Phi) is 4.47. The highest BCUT2D eigenvalue weighted by Crippen LogP contribution is 2.22. The van der Waals surface area contributed by atoms with Gasteiger partial charge in [0, 0.05) is 18.9 Å². The number of halogens is 1. The number of fused-ring (bicyclic) bond motifs is 1. The average Bonchev–Trinajstić information content (AvgIpc) is 2.79. The van der Waals surface area contributed by atoms with E-state index >= 15 is 0 Å². The van der Waals surface area contributed by atoms with Gasteiger partial charge in [-0.15, -0.1) is 0 Å². The topological polar surface area (TPSA) is 78.3 Å². The van der Waals surface area contributed by atoms with Crippen LogP contribution in [-0.4, -0.2) is 41.0 Å². The van der Waals surface area contributed by atoms with Gasteiger partial charge in [0.2, 0.25) is 5.28 Å². The summed E-state index contributed by atoms with van der Waals surface area (Å²) in [4.78, 5) is 19.3. The molecular weight excluding hydrogens is 276 g/mol. The Bertz CT molecular complexity index is 685. The first kappa shape index (κ1) is 14.2. The molecule has 0 aliphatic rings. The monoisotopic (exact) mass is 290 g/mol. The zero-order valence-corrected chi connectivity index (χ0v) is 12.1. The van der Waals surface area contributed by atoms with Gasteiger partial charge in [-0.25, -0.2) is 4.98 Å². The number of aromatic amines is 1. The van der Waals surface area contributed by atoms with Crippen LogP contribution in [0.25, 0.3) is 11.0 Å². The Hall–Kier alpha value is -2.21. The Labute approximate surface area is 121 Å². The molecular formula is C13H15ClN6. The predicted molar refractivity (Wildman–Crippen MR) is 84.2 cm³/mol. The number of aliphatic imine (C=N–C) groups is 2. The van der Waals surface area contributed by atoms with E-state index in [1.807, 2.05) is 13.0 Å². The summed E-state index contributed by atoms with van der Waals surface area (Å²) in [7, 11) is 1.72. The smallest absolute Gasteiger partial charge is 0.226 e. The van der Waals surface area contributed by atoms with Gasteiger partial charge in [0.1, 0.15) is 11.5 Å². The van der Waals surface area contributed by atoms with Crippen LogP contribution in [0.5, 0.6) is 0 Å². The van der Waals surface area contributed by atoms with Gasteiger partial charge in [0.05, 0.1) is 17.6 Å². The first-order valence-corrected chi connectivity index (χ1v) is 6.36. The van der Waals surface area contributed by atoms with Crippen molar-refractivity contribution in [3.05, 3.63) is 29.3 Å². The van der Waals surface area contributed by atoms with Crippen molar-refractivity contribution >= 4 is 40.9 Å². The normalized spacial score (nSPS) is 12.2. The van der Waals surface area contributed by atoms with Gasteiger partial charge in [0.25, 0.3) is 0 Å².